The lowest BCUT2D eigenvalue weighted by Gasteiger charge is -2.16. The van der Waals surface area contributed by atoms with Gasteiger partial charge in [0.25, 0.3) is 5.91 Å². The third kappa shape index (κ3) is 3.05. The monoisotopic (exact) mass is 345 g/mol. The van der Waals surface area contributed by atoms with E-state index in [2.05, 4.69) is 10.1 Å². The summed E-state index contributed by atoms with van der Waals surface area (Å²) >= 11 is 6.18. The second-order valence-corrected chi connectivity index (χ2v) is 6.03. The Hall–Kier alpha value is -2.59. The molecule has 8 heteroatoms. The molecule has 0 aliphatic carbocycles. The zero-order valence-corrected chi connectivity index (χ0v) is 14.1. The maximum atomic E-state index is 12.6. The quantitative estimate of drug-likeness (QED) is 0.848. The average Bonchev–Trinajstić information content (AvgIpc) is 3.15. The summed E-state index contributed by atoms with van der Waals surface area (Å²) in [4.78, 5) is 18.3. The summed E-state index contributed by atoms with van der Waals surface area (Å²) in [5.74, 6) is 0.252. The number of amides is 1. The van der Waals surface area contributed by atoms with Crippen LogP contribution in [0.25, 0.3) is 0 Å². The van der Waals surface area contributed by atoms with E-state index in [9.17, 15) is 4.79 Å². The van der Waals surface area contributed by atoms with E-state index in [0.717, 1.165) is 5.69 Å². The van der Waals surface area contributed by atoms with E-state index in [0.29, 0.717) is 36.0 Å². The molecule has 0 N–H and O–H groups in total. The third-order valence-electron chi connectivity index (χ3n) is 4.05. The van der Waals surface area contributed by atoms with Gasteiger partial charge in [-0.05, 0) is 13.0 Å². The molecule has 2 aromatic rings. The van der Waals surface area contributed by atoms with E-state index in [1.807, 2.05) is 13.0 Å². The number of aryl methyl sites for hydroxylation is 1. The van der Waals surface area contributed by atoms with E-state index in [4.69, 9.17) is 21.6 Å². The fourth-order valence-corrected chi connectivity index (χ4v) is 2.81. The number of rotatable bonds is 3. The molecule has 1 fully saturated rings. The molecule has 0 saturated carbocycles. The van der Waals surface area contributed by atoms with Crippen LogP contribution in [0.5, 0.6) is 5.88 Å². The van der Waals surface area contributed by atoms with Gasteiger partial charge in [0.15, 0.2) is 5.69 Å². The highest BCUT2D eigenvalue weighted by atomic mass is 35.5. The van der Waals surface area contributed by atoms with Crippen molar-refractivity contribution >= 4 is 17.5 Å². The molecule has 7 nitrogen and oxygen atoms in total. The number of aromatic nitrogens is 3. The zero-order valence-electron chi connectivity index (χ0n) is 13.4. The molecule has 3 heterocycles. The Labute approximate surface area is 144 Å². The summed E-state index contributed by atoms with van der Waals surface area (Å²) in [6, 6.07) is 5.31. The largest absolute Gasteiger partial charge is 0.472 e. The molecule has 2 aromatic heterocycles. The molecular formula is C16H16ClN5O2. The molecule has 24 heavy (non-hydrogen) atoms. The Morgan fingerprint density at radius 2 is 2.29 bits per heavy atom. The van der Waals surface area contributed by atoms with Crippen LogP contribution in [0, 0.1) is 18.3 Å². The number of nitriles is 1. The molecule has 124 valence electrons. The maximum absolute atomic E-state index is 12.6. The second kappa shape index (κ2) is 6.49. The Kier molecular flexibility index (Phi) is 4.40. The first-order valence-corrected chi connectivity index (χ1v) is 7.88. The van der Waals surface area contributed by atoms with Gasteiger partial charge >= 0.3 is 0 Å². The number of ether oxygens (including phenoxy) is 1. The summed E-state index contributed by atoms with van der Waals surface area (Å²) < 4.78 is 7.37. The highest BCUT2D eigenvalue weighted by molar-refractivity contribution is 6.34. The van der Waals surface area contributed by atoms with Gasteiger partial charge < -0.3 is 9.64 Å². The Morgan fingerprint density at radius 1 is 1.50 bits per heavy atom. The minimum Gasteiger partial charge on any atom is -0.472 e. The summed E-state index contributed by atoms with van der Waals surface area (Å²) in [6.07, 6.45) is 2.03. The van der Waals surface area contributed by atoms with Crippen LogP contribution in [-0.2, 0) is 7.05 Å². The van der Waals surface area contributed by atoms with Crippen LogP contribution in [0.3, 0.4) is 0 Å². The van der Waals surface area contributed by atoms with Gasteiger partial charge in [-0.25, -0.2) is 4.98 Å². The van der Waals surface area contributed by atoms with Gasteiger partial charge in [-0.2, -0.15) is 10.4 Å². The molecule has 1 aliphatic rings. The average molecular weight is 346 g/mol. The first-order valence-electron chi connectivity index (χ1n) is 7.50. The first kappa shape index (κ1) is 16.3. The standard InChI is InChI=1S/C16H16ClN5O2/c1-10-14(17)15(20-21(10)2)16(23)22-6-5-12(9-22)24-13-4-3-11(7-18)8-19-13/h3-4,8,12H,5-6,9H2,1-2H3. The van der Waals surface area contributed by atoms with Crippen LogP contribution in [0.2, 0.25) is 5.02 Å². The number of nitrogens with zero attached hydrogens (tertiary/aromatic N) is 5. The molecule has 3 rings (SSSR count). The number of likely N-dealkylation sites (tertiary alicyclic amines) is 1. The van der Waals surface area contributed by atoms with E-state index < -0.39 is 0 Å². The fraction of sp³-hybridized carbons (Fsp3) is 0.375. The first-order chi connectivity index (χ1) is 11.5. The van der Waals surface area contributed by atoms with Crippen molar-refractivity contribution in [2.75, 3.05) is 13.1 Å². The summed E-state index contributed by atoms with van der Waals surface area (Å²) in [5, 5.41) is 13.3. The number of hydrogen-bond donors (Lipinski definition) is 0. The molecule has 1 atom stereocenters. The minimum atomic E-state index is -0.192. The molecule has 0 spiro atoms. The third-order valence-corrected chi connectivity index (χ3v) is 4.50. The van der Waals surface area contributed by atoms with Crippen molar-refractivity contribution in [3.8, 4) is 11.9 Å². The van der Waals surface area contributed by atoms with Crippen LogP contribution < -0.4 is 4.74 Å². The van der Waals surface area contributed by atoms with Crippen LogP contribution >= 0.6 is 11.6 Å². The molecule has 0 aromatic carbocycles. The van der Waals surface area contributed by atoms with Crippen molar-refractivity contribution in [3.05, 3.63) is 40.3 Å². The number of halogens is 1. The summed E-state index contributed by atoms with van der Waals surface area (Å²) in [7, 11) is 1.75. The molecule has 1 aliphatic heterocycles. The Balaban J connectivity index is 1.65. The number of carbonyl (C=O) groups is 1. The predicted octanol–water partition coefficient (Wildman–Crippen LogP) is 1.94. The fourth-order valence-electron chi connectivity index (χ4n) is 2.56. The molecule has 0 radical (unpaired) electrons. The smallest absolute Gasteiger partial charge is 0.276 e. The van der Waals surface area contributed by atoms with Gasteiger partial charge in [-0.3, -0.25) is 9.48 Å². The number of pyridine rings is 1. The number of carbonyl (C=O) groups excluding carboxylic acids is 1. The Morgan fingerprint density at radius 3 is 2.88 bits per heavy atom. The van der Waals surface area contributed by atoms with Gasteiger partial charge in [0.1, 0.15) is 12.2 Å². The molecular weight excluding hydrogens is 330 g/mol. The molecule has 1 saturated heterocycles. The predicted molar refractivity (Wildman–Crippen MR) is 86.8 cm³/mol. The lowest BCUT2D eigenvalue weighted by Crippen LogP contribution is -2.31. The van der Waals surface area contributed by atoms with Crippen molar-refractivity contribution in [1.29, 1.82) is 5.26 Å². The van der Waals surface area contributed by atoms with E-state index in [1.54, 1.807) is 28.8 Å². The second-order valence-electron chi connectivity index (χ2n) is 5.65. The van der Waals surface area contributed by atoms with Crippen molar-refractivity contribution in [2.24, 2.45) is 7.05 Å². The van der Waals surface area contributed by atoms with Crippen molar-refractivity contribution in [2.45, 2.75) is 19.4 Å². The van der Waals surface area contributed by atoms with Gasteiger partial charge in [-0.1, -0.05) is 11.6 Å². The molecule has 1 unspecified atom stereocenters. The number of hydrogen-bond acceptors (Lipinski definition) is 5. The highest BCUT2D eigenvalue weighted by Crippen LogP contribution is 2.23. The van der Waals surface area contributed by atoms with E-state index in [-0.39, 0.29) is 17.7 Å². The SMILES string of the molecule is Cc1c(Cl)c(C(=O)N2CCC(Oc3ccc(C#N)cn3)C2)nn1C. The van der Waals surface area contributed by atoms with Crippen molar-refractivity contribution < 1.29 is 9.53 Å². The summed E-state index contributed by atoms with van der Waals surface area (Å²) in [5.41, 5.74) is 1.51. The Bertz CT molecular complexity index is 809. The van der Waals surface area contributed by atoms with Gasteiger partial charge in [0.05, 0.1) is 22.8 Å². The van der Waals surface area contributed by atoms with Crippen LogP contribution in [0.1, 0.15) is 28.2 Å². The van der Waals surface area contributed by atoms with Crippen molar-refractivity contribution in [3.63, 3.8) is 0 Å². The zero-order chi connectivity index (χ0) is 17.3. The maximum Gasteiger partial charge on any atom is 0.276 e. The minimum absolute atomic E-state index is 0.141. The topological polar surface area (TPSA) is 84.0 Å². The normalized spacial score (nSPS) is 16.9. The lowest BCUT2D eigenvalue weighted by molar-refractivity contribution is 0.0765. The summed E-state index contributed by atoms with van der Waals surface area (Å²) in [6.45, 7) is 2.84. The van der Waals surface area contributed by atoms with E-state index in [1.165, 1.54) is 6.20 Å². The molecule has 1 amide bonds. The van der Waals surface area contributed by atoms with Crippen LogP contribution in [-0.4, -0.2) is 44.8 Å². The van der Waals surface area contributed by atoms with E-state index >= 15 is 0 Å². The molecule has 0 bridgehead atoms. The van der Waals surface area contributed by atoms with Gasteiger partial charge in [0.2, 0.25) is 5.88 Å². The van der Waals surface area contributed by atoms with Crippen LogP contribution in [0.15, 0.2) is 18.3 Å². The highest BCUT2D eigenvalue weighted by Gasteiger charge is 2.31. The van der Waals surface area contributed by atoms with Crippen LogP contribution in [0.4, 0.5) is 0 Å². The van der Waals surface area contributed by atoms with Gasteiger partial charge in [0, 0.05) is 32.3 Å². The van der Waals surface area contributed by atoms with Gasteiger partial charge in [-0.15, -0.1) is 0 Å². The van der Waals surface area contributed by atoms with Crippen molar-refractivity contribution in [1.82, 2.24) is 19.7 Å². The lowest BCUT2D eigenvalue weighted by atomic mass is 10.3.